The SMILES string of the molecule is CCn1nccc1[C@@H]1OCC[C@H]1CNC1Cc2ccccc2C1. The summed E-state index contributed by atoms with van der Waals surface area (Å²) in [6.07, 6.45) is 5.52. The summed E-state index contributed by atoms with van der Waals surface area (Å²) in [5, 5.41) is 8.18. The van der Waals surface area contributed by atoms with Crippen molar-refractivity contribution < 1.29 is 4.74 Å². The van der Waals surface area contributed by atoms with Gasteiger partial charge in [0.05, 0.1) is 5.69 Å². The molecule has 2 aromatic rings. The summed E-state index contributed by atoms with van der Waals surface area (Å²) in [5.74, 6) is 0.542. The average molecular weight is 311 g/mol. The van der Waals surface area contributed by atoms with E-state index in [-0.39, 0.29) is 6.10 Å². The van der Waals surface area contributed by atoms with E-state index < -0.39 is 0 Å². The number of aryl methyl sites for hydroxylation is 1. The van der Waals surface area contributed by atoms with Crippen molar-refractivity contribution in [2.24, 2.45) is 5.92 Å². The third kappa shape index (κ3) is 2.93. The number of hydrogen-bond donors (Lipinski definition) is 1. The highest BCUT2D eigenvalue weighted by Gasteiger charge is 2.32. The van der Waals surface area contributed by atoms with Crippen molar-refractivity contribution in [3.05, 3.63) is 53.3 Å². The maximum absolute atomic E-state index is 6.03. The lowest BCUT2D eigenvalue weighted by Gasteiger charge is -2.22. The summed E-state index contributed by atoms with van der Waals surface area (Å²) in [6, 6.07) is 11.5. The average Bonchev–Trinajstić information content (AvgIpc) is 3.29. The summed E-state index contributed by atoms with van der Waals surface area (Å²) >= 11 is 0. The van der Waals surface area contributed by atoms with Gasteiger partial charge in [0.25, 0.3) is 0 Å². The largest absolute Gasteiger partial charge is 0.372 e. The molecular formula is C19H25N3O. The van der Waals surface area contributed by atoms with Crippen molar-refractivity contribution in [1.82, 2.24) is 15.1 Å². The molecule has 1 N–H and O–H groups in total. The summed E-state index contributed by atoms with van der Waals surface area (Å²) in [7, 11) is 0. The second-order valence-electron chi connectivity index (χ2n) is 6.69. The van der Waals surface area contributed by atoms with Crippen molar-refractivity contribution in [3.63, 3.8) is 0 Å². The normalized spacial score (nSPS) is 24.2. The van der Waals surface area contributed by atoms with E-state index in [1.165, 1.54) is 16.8 Å². The van der Waals surface area contributed by atoms with Crippen molar-refractivity contribution in [1.29, 1.82) is 0 Å². The van der Waals surface area contributed by atoms with E-state index in [1.807, 2.05) is 6.20 Å². The van der Waals surface area contributed by atoms with Gasteiger partial charge in [-0.15, -0.1) is 0 Å². The van der Waals surface area contributed by atoms with Gasteiger partial charge < -0.3 is 10.1 Å². The number of fused-ring (bicyclic) bond motifs is 1. The molecule has 1 fully saturated rings. The molecule has 2 atom stereocenters. The molecule has 1 aromatic heterocycles. The van der Waals surface area contributed by atoms with Crippen molar-refractivity contribution in [2.75, 3.05) is 13.2 Å². The first-order valence-corrected chi connectivity index (χ1v) is 8.78. The molecule has 1 saturated heterocycles. The van der Waals surface area contributed by atoms with Gasteiger partial charge >= 0.3 is 0 Å². The molecule has 0 spiro atoms. The molecule has 1 aromatic carbocycles. The standard InChI is InChI=1S/C19H25N3O/c1-2-22-18(7-9-21-22)19-16(8-10-23-19)13-20-17-11-14-5-3-4-6-15(14)12-17/h3-7,9,16-17,19-20H,2,8,10-13H2,1H3/t16-,19+/m0/s1. The fourth-order valence-corrected chi connectivity index (χ4v) is 4.04. The second kappa shape index (κ2) is 6.46. The lowest BCUT2D eigenvalue weighted by molar-refractivity contribution is 0.0824. The predicted molar refractivity (Wildman–Crippen MR) is 90.3 cm³/mol. The van der Waals surface area contributed by atoms with Crippen LogP contribution in [-0.2, 0) is 24.1 Å². The summed E-state index contributed by atoms with van der Waals surface area (Å²) in [6.45, 7) is 4.92. The van der Waals surface area contributed by atoms with Crippen molar-refractivity contribution in [2.45, 2.75) is 44.9 Å². The Hall–Kier alpha value is -1.65. The Morgan fingerprint density at radius 1 is 1.22 bits per heavy atom. The van der Waals surface area contributed by atoms with Crippen LogP contribution >= 0.6 is 0 Å². The van der Waals surface area contributed by atoms with Gasteiger partial charge in [-0.25, -0.2) is 0 Å². The number of nitrogens with one attached hydrogen (secondary N) is 1. The molecule has 0 saturated carbocycles. The van der Waals surface area contributed by atoms with Gasteiger partial charge in [0.15, 0.2) is 0 Å². The van der Waals surface area contributed by atoms with Crippen LogP contribution in [0.2, 0.25) is 0 Å². The smallest absolute Gasteiger partial charge is 0.103 e. The maximum Gasteiger partial charge on any atom is 0.103 e. The zero-order valence-electron chi connectivity index (χ0n) is 13.7. The Morgan fingerprint density at radius 3 is 2.74 bits per heavy atom. The quantitative estimate of drug-likeness (QED) is 0.923. The lowest BCUT2D eigenvalue weighted by Crippen LogP contribution is -2.35. The van der Waals surface area contributed by atoms with Crippen LogP contribution in [0.5, 0.6) is 0 Å². The van der Waals surface area contributed by atoms with E-state index in [1.54, 1.807) is 0 Å². The molecule has 0 amide bonds. The molecule has 0 unspecified atom stereocenters. The van der Waals surface area contributed by atoms with Gasteiger partial charge in [-0.05, 0) is 43.4 Å². The van der Waals surface area contributed by atoms with Crippen LogP contribution in [0, 0.1) is 5.92 Å². The Labute approximate surface area is 137 Å². The molecule has 1 aliphatic carbocycles. The number of rotatable bonds is 5. The van der Waals surface area contributed by atoms with E-state index in [0.29, 0.717) is 12.0 Å². The first kappa shape index (κ1) is 14.9. The van der Waals surface area contributed by atoms with Crippen LogP contribution in [0.3, 0.4) is 0 Å². The van der Waals surface area contributed by atoms with Gasteiger partial charge in [-0.2, -0.15) is 5.10 Å². The first-order chi connectivity index (χ1) is 11.3. The van der Waals surface area contributed by atoms with Crippen LogP contribution in [0.1, 0.15) is 36.3 Å². The molecule has 4 rings (SSSR count). The van der Waals surface area contributed by atoms with Crippen molar-refractivity contribution >= 4 is 0 Å². The van der Waals surface area contributed by atoms with Gasteiger partial charge in [-0.1, -0.05) is 24.3 Å². The first-order valence-electron chi connectivity index (χ1n) is 8.78. The van der Waals surface area contributed by atoms with Gasteiger partial charge in [-0.3, -0.25) is 4.68 Å². The van der Waals surface area contributed by atoms with Crippen molar-refractivity contribution in [3.8, 4) is 0 Å². The third-order valence-corrected chi connectivity index (χ3v) is 5.27. The molecule has 1 aliphatic heterocycles. The van der Waals surface area contributed by atoms with E-state index >= 15 is 0 Å². The highest BCUT2D eigenvalue weighted by atomic mass is 16.5. The minimum Gasteiger partial charge on any atom is -0.372 e. The summed E-state index contributed by atoms with van der Waals surface area (Å²) in [5.41, 5.74) is 4.24. The van der Waals surface area contributed by atoms with Crippen LogP contribution < -0.4 is 5.32 Å². The number of benzene rings is 1. The zero-order valence-corrected chi connectivity index (χ0v) is 13.7. The Morgan fingerprint density at radius 2 is 2.00 bits per heavy atom. The molecule has 2 heterocycles. The van der Waals surface area contributed by atoms with Crippen LogP contribution in [0.15, 0.2) is 36.5 Å². The molecule has 122 valence electrons. The van der Waals surface area contributed by atoms with Crippen LogP contribution in [-0.4, -0.2) is 29.0 Å². The Balaban J connectivity index is 1.38. The summed E-state index contributed by atoms with van der Waals surface area (Å²) in [4.78, 5) is 0. The molecule has 2 aliphatic rings. The van der Waals surface area contributed by atoms with Gasteiger partial charge in [0, 0.05) is 37.9 Å². The Kier molecular flexibility index (Phi) is 4.19. The molecule has 4 heteroatoms. The number of hydrogen-bond acceptors (Lipinski definition) is 3. The van der Waals surface area contributed by atoms with E-state index in [4.69, 9.17) is 4.74 Å². The fourth-order valence-electron chi connectivity index (χ4n) is 4.04. The molecule has 0 radical (unpaired) electrons. The highest BCUT2D eigenvalue weighted by molar-refractivity contribution is 5.33. The summed E-state index contributed by atoms with van der Waals surface area (Å²) < 4.78 is 8.09. The van der Waals surface area contributed by atoms with E-state index in [2.05, 4.69) is 52.4 Å². The molecule has 23 heavy (non-hydrogen) atoms. The minimum atomic E-state index is 0.189. The zero-order chi connectivity index (χ0) is 15.6. The third-order valence-electron chi connectivity index (χ3n) is 5.27. The molecular weight excluding hydrogens is 286 g/mol. The van der Waals surface area contributed by atoms with Crippen LogP contribution in [0.4, 0.5) is 0 Å². The molecule has 0 bridgehead atoms. The topological polar surface area (TPSA) is 39.1 Å². The van der Waals surface area contributed by atoms with Crippen LogP contribution in [0.25, 0.3) is 0 Å². The van der Waals surface area contributed by atoms with Gasteiger partial charge in [0.2, 0.25) is 0 Å². The fraction of sp³-hybridized carbons (Fsp3) is 0.526. The Bertz CT molecular complexity index is 641. The number of ether oxygens (including phenoxy) is 1. The number of aromatic nitrogens is 2. The maximum atomic E-state index is 6.03. The monoisotopic (exact) mass is 311 g/mol. The van der Waals surface area contributed by atoms with E-state index in [9.17, 15) is 0 Å². The number of nitrogens with zero attached hydrogens (tertiary/aromatic N) is 2. The lowest BCUT2D eigenvalue weighted by atomic mass is 9.98. The second-order valence-corrected chi connectivity index (χ2v) is 6.69. The highest BCUT2D eigenvalue weighted by Crippen LogP contribution is 2.34. The predicted octanol–water partition coefficient (Wildman–Crippen LogP) is 2.74. The van der Waals surface area contributed by atoms with Gasteiger partial charge in [0.1, 0.15) is 6.10 Å². The minimum absolute atomic E-state index is 0.189. The molecule has 4 nitrogen and oxygen atoms in total. The van der Waals surface area contributed by atoms with E-state index in [0.717, 1.165) is 39.0 Å².